The van der Waals surface area contributed by atoms with Crippen molar-refractivity contribution in [2.24, 2.45) is 0 Å². The second-order valence-electron chi connectivity index (χ2n) is 8.15. The Bertz CT molecular complexity index is 1180. The van der Waals surface area contributed by atoms with Crippen LogP contribution in [-0.2, 0) is 4.79 Å². The molecule has 2 unspecified atom stereocenters. The minimum Gasteiger partial charge on any atom is -0.485 e. The van der Waals surface area contributed by atoms with Crippen molar-refractivity contribution in [3.8, 4) is 16.2 Å². The molecule has 0 fully saturated rings. The number of nitrogens with two attached hydrogens (primary N) is 1. The summed E-state index contributed by atoms with van der Waals surface area (Å²) in [5.74, 6) is 0.0169. The predicted octanol–water partition coefficient (Wildman–Crippen LogP) is 5.51. The summed E-state index contributed by atoms with van der Waals surface area (Å²) >= 11 is 3.00. The molecule has 0 aliphatic carbocycles. The monoisotopic (exact) mass is 470 g/mol. The average Bonchev–Trinajstić information content (AvgIpc) is 3.36. The molecule has 0 radical (unpaired) electrons. The van der Waals surface area contributed by atoms with E-state index in [9.17, 15) is 9.59 Å². The van der Waals surface area contributed by atoms with Crippen LogP contribution in [0.2, 0.25) is 0 Å². The van der Waals surface area contributed by atoms with E-state index in [0.717, 1.165) is 27.6 Å². The number of carboxylic acids is 1. The number of carbonyl (C=O) groups excluding carboxylic acids is 1. The number of rotatable bonds is 6. The number of aryl methyl sites for hydroxylation is 1. The minimum absolute atomic E-state index is 0.0945. The summed E-state index contributed by atoms with van der Waals surface area (Å²) in [4.78, 5) is 25.7. The third-order valence-electron chi connectivity index (χ3n) is 5.78. The van der Waals surface area contributed by atoms with Gasteiger partial charge in [0.25, 0.3) is 5.91 Å². The maximum absolute atomic E-state index is 12.3. The first-order chi connectivity index (χ1) is 15.2. The van der Waals surface area contributed by atoms with Gasteiger partial charge < -0.3 is 20.9 Å². The van der Waals surface area contributed by atoms with Crippen LogP contribution in [0, 0.1) is 13.8 Å². The topological polar surface area (TPSA) is 102 Å². The molecule has 0 bridgehead atoms. The summed E-state index contributed by atoms with van der Waals surface area (Å²) in [5.41, 5.74) is 10.8. The number of anilines is 1. The molecule has 8 heteroatoms. The van der Waals surface area contributed by atoms with Gasteiger partial charge >= 0.3 is 5.97 Å². The summed E-state index contributed by atoms with van der Waals surface area (Å²) < 4.78 is 6.43. The lowest BCUT2D eigenvalue weighted by Gasteiger charge is -2.32. The van der Waals surface area contributed by atoms with Crippen molar-refractivity contribution in [3.63, 3.8) is 0 Å². The normalized spacial score (nSPS) is 17.5. The molecule has 1 amide bonds. The highest BCUT2D eigenvalue weighted by atomic mass is 32.1. The average molecular weight is 471 g/mol. The molecule has 168 valence electrons. The molecular formula is C24H26N2O4S2. The maximum atomic E-state index is 12.3. The van der Waals surface area contributed by atoms with Gasteiger partial charge in [-0.3, -0.25) is 9.59 Å². The van der Waals surface area contributed by atoms with Crippen molar-refractivity contribution in [3.05, 3.63) is 56.8 Å². The molecule has 4 N–H and O–H groups in total. The van der Waals surface area contributed by atoms with Gasteiger partial charge in [-0.05, 0) is 73.2 Å². The molecule has 3 aromatic rings. The molecular weight excluding hydrogens is 444 g/mol. The minimum atomic E-state index is -0.934. The van der Waals surface area contributed by atoms with Crippen LogP contribution in [0.5, 0.6) is 5.75 Å². The molecule has 6 nitrogen and oxygen atoms in total. The highest BCUT2D eigenvalue weighted by molar-refractivity contribution is 7.19. The van der Waals surface area contributed by atoms with Gasteiger partial charge in [0, 0.05) is 21.9 Å². The fourth-order valence-electron chi connectivity index (χ4n) is 4.37. The summed E-state index contributed by atoms with van der Waals surface area (Å²) in [6.45, 7) is 6.59. The Morgan fingerprint density at radius 1 is 1.22 bits per heavy atom. The quantitative estimate of drug-likeness (QED) is 0.441. The molecule has 1 aliphatic heterocycles. The van der Waals surface area contributed by atoms with E-state index < -0.39 is 5.97 Å². The van der Waals surface area contributed by atoms with Gasteiger partial charge in [0.15, 0.2) is 0 Å². The van der Waals surface area contributed by atoms with Crippen LogP contribution in [0.25, 0.3) is 10.4 Å². The van der Waals surface area contributed by atoms with E-state index in [4.69, 9.17) is 15.6 Å². The summed E-state index contributed by atoms with van der Waals surface area (Å²) in [5, 5.41) is 12.2. The molecule has 4 rings (SSSR count). The Kier molecular flexibility index (Phi) is 6.26. The predicted molar refractivity (Wildman–Crippen MR) is 129 cm³/mol. The summed E-state index contributed by atoms with van der Waals surface area (Å²) in [7, 11) is 0. The zero-order valence-electron chi connectivity index (χ0n) is 18.2. The molecule has 32 heavy (non-hydrogen) atoms. The van der Waals surface area contributed by atoms with Gasteiger partial charge in [0.2, 0.25) is 0 Å². The molecule has 1 aliphatic rings. The lowest BCUT2D eigenvalue weighted by molar-refractivity contribution is -0.136. The highest BCUT2D eigenvalue weighted by Crippen LogP contribution is 2.48. The van der Waals surface area contributed by atoms with E-state index in [-0.39, 0.29) is 25.0 Å². The number of thiophene rings is 2. The molecule has 0 spiro atoms. The van der Waals surface area contributed by atoms with Crippen molar-refractivity contribution >= 4 is 39.6 Å². The van der Waals surface area contributed by atoms with E-state index >= 15 is 0 Å². The van der Waals surface area contributed by atoms with Crippen LogP contribution >= 0.6 is 22.7 Å². The Labute approximate surface area is 195 Å². The SMILES string of the molecule is Cc1cc2c(c(C)c1-c1ccc(N)s1)C(C)CC(c1ccc(C(=O)NCCC(=O)O)s1)O2. The third-order valence-corrected chi connectivity index (χ3v) is 7.89. The smallest absolute Gasteiger partial charge is 0.305 e. The van der Waals surface area contributed by atoms with Crippen molar-refractivity contribution in [2.75, 3.05) is 12.3 Å². The van der Waals surface area contributed by atoms with Gasteiger partial charge in [-0.15, -0.1) is 22.7 Å². The number of ether oxygens (including phenoxy) is 1. The zero-order chi connectivity index (χ0) is 23.0. The highest BCUT2D eigenvalue weighted by Gasteiger charge is 2.31. The second-order valence-corrected chi connectivity index (χ2v) is 10.4. The van der Waals surface area contributed by atoms with Crippen LogP contribution in [0.3, 0.4) is 0 Å². The first-order valence-electron chi connectivity index (χ1n) is 10.5. The number of fused-ring (bicyclic) bond motifs is 1. The number of carboxylic acid groups (broad SMARTS) is 1. The van der Waals surface area contributed by atoms with E-state index in [0.29, 0.717) is 10.8 Å². The van der Waals surface area contributed by atoms with Gasteiger partial charge in [-0.25, -0.2) is 0 Å². The maximum Gasteiger partial charge on any atom is 0.305 e. The number of hydrogen-bond donors (Lipinski definition) is 3. The largest absolute Gasteiger partial charge is 0.485 e. The zero-order valence-corrected chi connectivity index (χ0v) is 19.9. The van der Waals surface area contributed by atoms with Crippen LogP contribution in [0.1, 0.15) is 63.0 Å². The molecule has 2 atom stereocenters. The lowest BCUT2D eigenvalue weighted by Crippen LogP contribution is -2.25. The summed E-state index contributed by atoms with van der Waals surface area (Å²) in [6.07, 6.45) is 0.608. The number of nitrogens with one attached hydrogen (secondary N) is 1. The number of hydrogen-bond acceptors (Lipinski definition) is 6. The van der Waals surface area contributed by atoms with E-state index in [1.807, 2.05) is 12.1 Å². The van der Waals surface area contributed by atoms with E-state index in [1.54, 1.807) is 17.4 Å². The van der Waals surface area contributed by atoms with E-state index in [1.165, 1.54) is 32.9 Å². The van der Waals surface area contributed by atoms with Crippen molar-refractivity contribution in [2.45, 2.75) is 45.6 Å². The molecule has 0 saturated carbocycles. The van der Waals surface area contributed by atoms with E-state index in [2.05, 4.69) is 38.2 Å². The van der Waals surface area contributed by atoms with Gasteiger partial charge in [-0.1, -0.05) is 6.92 Å². The first kappa shape index (κ1) is 22.4. The van der Waals surface area contributed by atoms with Crippen molar-refractivity contribution < 1.29 is 19.4 Å². The van der Waals surface area contributed by atoms with Gasteiger partial charge in [0.1, 0.15) is 11.9 Å². The Morgan fingerprint density at radius 2 is 2.00 bits per heavy atom. The first-order valence-corrected chi connectivity index (χ1v) is 12.1. The lowest BCUT2D eigenvalue weighted by atomic mass is 9.84. The number of benzene rings is 1. The van der Waals surface area contributed by atoms with Crippen molar-refractivity contribution in [1.82, 2.24) is 5.32 Å². The second kappa shape index (κ2) is 8.96. The van der Waals surface area contributed by atoms with Crippen LogP contribution in [-0.4, -0.2) is 23.5 Å². The van der Waals surface area contributed by atoms with Crippen LogP contribution < -0.4 is 15.8 Å². The number of aliphatic carboxylic acids is 1. The van der Waals surface area contributed by atoms with Crippen molar-refractivity contribution in [1.29, 1.82) is 0 Å². The van der Waals surface area contributed by atoms with Crippen LogP contribution in [0.15, 0.2) is 30.3 Å². The Hall–Kier alpha value is -2.84. The fraction of sp³-hybridized carbons (Fsp3) is 0.333. The molecule has 1 aromatic carbocycles. The fourth-order valence-corrected chi connectivity index (χ4v) is 6.28. The molecule has 3 heterocycles. The number of amides is 1. The number of carbonyl (C=O) groups is 2. The number of nitrogen functional groups attached to an aromatic ring is 1. The summed E-state index contributed by atoms with van der Waals surface area (Å²) in [6, 6.07) is 9.85. The van der Waals surface area contributed by atoms with Gasteiger partial charge in [0.05, 0.1) is 16.3 Å². The standard InChI is InChI=1S/C24H26N2O4S2/c1-12-10-15(17-4-5-19(31-17)24(29)26-9-8-21(27)28)30-16-11-13(2)23(14(3)22(12)16)18-6-7-20(25)32-18/h4-7,11-12,15H,8-10,25H2,1-3H3,(H,26,29)(H,27,28). The molecule has 0 saturated heterocycles. The Morgan fingerprint density at radius 3 is 2.69 bits per heavy atom. The van der Waals surface area contributed by atoms with Crippen LogP contribution in [0.4, 0.5) is 5.00 Å². The van der Waals surface area contributed by atoms with Gasteiger partial charge in [-0.2, -0.15) is 0 Å². The molecule has 2 aromatic heterocycles. The third kappa shape index (κ3) is 4.38. The Balaban J connectivity index is 1.56.